The van der Waals surface area contributed by atoms with E-state index in [4.69, 9.17) is 25.8 Å². The Balaban J connectivity index is 2.23. The Morgan fingerprint density at radius 3 is 2.33 bits per heavy atom. The molecule has 0 aliphatic rings. The second-order valence-corrected chi connectivity index (χ2v) is 4.79. The van der Waals surface area contributed by atoms with Crippen LogP contribution in [0.3, 0.4) is 0 Å². The van der Waals surface area contributed by atoms with Gasteiger partial charge in [-0.1, -0.05) is 17.7 Å². The van der Waals surface area contributed by atoms with Crippen LogP contribution in [0.15, 0.2) is 36.4 Å². The van der Waals surface area contributed by atoms with Crippen LogP contribution in [0.1, 0.15) is 5.56 Å². The first-order valence-corrected chi connectivity index (χ1v) is 6.84. The molecule has 2 aromatic rings. The van der Waals surface area contributed by atoms with Crippen molar-refractivity contribution in [2.75, 3.05) is 26.6 Å². The van der Waals surface area contributed by atoms with E-state index in [0.29, 0.717) is 28.8 Å². The molecule has 0 aliphatic carbocycles. The van der Waals surface area contributed by atoms with Crippen molar-refractivity contribution in [2.45, 2.75) is 6.54 Å². The third-order valence-electron chi connectivity index (χ3n) is 3.09. The number of nitrogens with one attached hydrogen (secondary N) is 1. The number of methoxy groups -OCH3 is 3. The molecular weight excluding hydrogens is 290 g/mol. The third-order valence-corrected chi connectivity index (χ3v) is 3.33. The molecule has 0 aliphatic heterocycles. The van der Waals surface area contributed by atoms with Crippen LogP contribution >= 0.6 is 11.6 Å². The smallest absolute Gasteiger partial charge is 0.203 e. The molecule has 0 bridgehead atoms. The molecule has 0 aromatic heterocycles. The van der Waals surface area contributed by atoms with Crippen molar-refractivity contribution in [3.05, 3.63) is 47.0 Å². The van der Waals surface area contributed by atoms with Crippen molar-refractivity contribution in [1.82, 2.24) is 0 Å². The van der Waals surface area contributed by atoms with Crippen molar-refractivity contribution in [3.8, 4) is 17.2 Å². The minimum absolute atomic E-state index is 0.587. The van der Waals surface area contributed by atoms with Gasteiger partial charge < -0.3 is 19.5 Å². The molecule has 2 aromatic carbocycles. The van der Waals surface area contributed by atoms with Gasteiger partial charge in [-0.05, 0) is 30.3 Å². The fraction of sp³-hybridized carbons (Fsp3) is 0.250. The Hall–Kier alpha value is -2.07. The number of ether oxygens (including phenoxy) is 3. The van der Waals surface area contributed by atoms with Crippen molar-refractivity contribution in [3.63, 3.8) is 0 Å². The lowest BCUT2D eigenvalue weighted by atomic mass is 10.1. The molecule has 0 atom stereocenters. The topological polar surface area (TPSA) is 39.7 Å². The highest BCUT2D eigenvalue weighted by atomic mass is 35.5. The van der Waals surface area contributed by atoms with Crippen LogP contribution in [0.5, 0.6) is 17.2 Å². The Kier molecular flexibility index (Phi) is 5.17. The normalized spacial score (nSPS) is 10.1. The molecule has 2 rings (SSSR count). The first-order chi connectivity index (χ1) is 10.2. The minimum Gasteiger partial charge on any atom is -0.493 e. The average Bonchev–Trinajstić information content (AvgIpc) is 2.51. The maximum Gasteiger partial charge on any atom is 0.203 e. The zero-order chi connectivity index (χ0) is 15.2. The fourth-order valence-electron chi connectivity index (χ4n) is 2.10. The number of hydrogen-bond donors (Lipinski definition) is 1. The van der Waals surface area contributed by atoms with Crippen molar-refractivity contribution in [2.24, 2.45) is 0 Å². The van der Waals surface area contributed by atoms with E-state index in [1.54, 1.807) is 21.3 Å². The van der Waals surface area contributed by atoms with Gasteiger partial charge in [-0.25, -0.2) is 0 Å². The lowest BCUT2D eigenvalue weighted by Crippen LogP contribution is -2.04. The largest absolute Gasteiger partial charge is 0.493 e. The second kappa shape index (κ2) is 7.09. The van der Waals surface area contributed by atoms with Crippen LogP contribution in [-0.4, -0.2) is 21.3 Å². The summed E-state index contributed by atoms with van der Waals surface area (Å²) in [5, 5.41) is 4.00. The van der Waals surface area contributed by atoms with Gasteiger partial charge in [0, 0.05) is 22.8 Å². The van der Waals surface area contributed by atoms with E-state index in [2.05, 4.69) is 5.32 Å². The summed E-state index contributed by atoms with van der Waals surface area (Å²) in [4.78, 5) is 0. The fourth-order valence-corrected chi connectivity index (χ4v) is 2.29. The predicted octanol–water partition coefficient (Wildman–Crippen LogP) is 3.98. The number of halogens is 1. The molecule has 112 valence electrons. The standard InChI is InChI=1S/C16H18ClNO3/c1-19-14-8-7-11(15(20-2)16(14)21-3)10-18-13-6-4-5-12(17)9-13/h4-9,18H,10H2,1-3H3. The lowest BCUT2D eigenvalue weighted by molar-refractivity contribution is 0.322. The van der Waals surface area contributed by atoms with Gasteiger partial charge in [0.25, 0.3) is 0 Å². The number of rotatable bonds is 6. The van der Waals surface area contributed by atoms with Crippen LogP contribution in [0, 0.1) is 0 Å². The van der Waals surface area contributed by atoms with Gasteiger partial charge in [-0.3, -0.25) is 0 Å². The summed E-state index contributed by atoms with van der Waals surface area (Å²) in [5.74, 6) is 1.89. The SMILES string of the molecule is COc1ccc(CNc2cccc(Cl)c2)c(OC)c1OC. The molecule has 0 amide bonds. The van der Waals surface area contributed by atoms with E-state index in [1.165, 1.54) is 0 Å². The van der Waals surface area contributed by atoms with Crippen molar-refractivity contribution in [1.29, 1.82) is 0 Å². The summed E-state index contributed by atoms with van der Waals surface area (Å²) < 4.78 is 16.1. The van der Waals surface area contributed by atoms with Gasteiger partial charge in [0.2, 0.25) is 5.75 Å². The molecule has 1 N–H and O–H groups in total. The maximum absolute atomic E-state index is 5.97. The summed E-state index contributed by atoms with van der Waals surface area (Å²) in [6.45, 7) is 0.587. The highest BCUT2D eigenvalue weighted by Gasteiger charge is 2.15. The highest BCUT2D eigenvalue weighted by Crippen LogP contribution is 2.39. The molecule has 0 fully saturated rings. The molecular formula is C16H18ClNO3. The Morgan fingerprint density at radius 2 is 1.71 bits per heavy atom. The van der Waals surface area contributed by atoms with E-state index < -0.39 is 0 Å². The van der Waals surface area contributed by atoms with Gasteiger partial charge >= 0.3 is 0 Å². The molecule has 5 heteroatoms. The van der Waals surface area contributed by atoms with Gasteiger partial charge in [0.05, 0.1) is 21.3 Å². The quantitative estimate of drug-likeness (QED) is 0.876. The van der Waals surface area contributed by atoms with E-state index in [1.807, 2.05) is 36.4 Å². The van der Waals surface area contributed by atoms with Crippen molar-refractivity contribution < 1.29 is 14.2 Å². The van der Waals surface area contributed by atoms with E-state index in [-0.39, 0.29) is 0 Å². The van der Waals surface area contributed by atoms with E-state index in [9.17, 15) is 0 Å². The van der Waals surface area contributed by atoms with Crippen LogP contribution < -0.4 is 19.5 Å². The van der Waals surface area contributed by atoms with Gasteiger partial charge in [0.15, 0.2) is 11.5 Å². The molecule has 0 heterocycles. The summed E-state index contributed by atoms with van der Waals surface area (Å²) in [6.07, 6.45) is 0. The Morgan fingerprint density at radius 1 is 0.952 bits per heavy atom. The first kappa shape index (κ1) is 15.3. The molecule has 0 radical (unpaired) electrons. The van der Waals surface area contributed by atoms with Crippen LogP contribution in [0.4, 0.5) is 5.69 Å². The minimum atomic E-state index is 0.587. The average molecular weight is 308 g/mol. The van der Waals surface area contributed by atoms with Gasteiger partial charge in [0.1, 0.15) is 0 Å². The monoisotopic (exact) mass is 307 g/mol. The molecule has 0 spiro atoms. The Labute approximate surface area is 129 Å². The summed E-state index contributed by atoms with van der Waals surface area (Å²) in [7, 11) is 4.80. The summed E-state index contributed by atoms with van der Waals surface area (Å²) >= 11 is 5.97. The van der Waals surface area contributed by atoms with Crippen molar-refractivity contribution >= 4 is 17.3 Å². The summed E-state index contributed by atoms with van der Waals surface area (Å²) in [5.41, 5.74) is 1.91. The Bertz CT molecular complexity index is 616. The van der Waals surface area contributed by atoms with Crippen LogP contribution in [-0.2, 0) is 6.54 Å². The third kappa shape index (κ3) is 3.52. The number of hydrogen-bond acceptors (Lipinski definition) is 4. The summed E-state index contributed by atoms with van der Waals surface area (Å²) in [6, 6.07) is 11.4. The zero-order valence-corrected chi connectivity index (χ0v) is 13.0. The van der Waals surface area contributed by atoms with Gasteiger partial charge in [-0.2, -0.15) is 0 Å². The first-order valence-electron chi connectivity index (χ1n) is 6.47. The number of benzene rings is 2. The molecule has 0 saturated carbocycles. The molecule has 21 heavy (non-hydrogen) atoms. The van der Waals surface area contributed by atoms with Crippen LogP contribution in [0.25, 0.3) is 0 Å². The van der Waals surface area contributed by atoms with Crippen LogP contribution in [0.2, 0.25) is 5.02 Å². The zero-order valence-electron chi connectivity index (χ0n) is 12.3. The lowest BCUT2D eigenvalue weighted by Gasteiger charge is -2.16. The van der Waals surface area contributed by atoms with Gasteiger partial charge in [-0.15, -0.1) is 0 Å². The predicted molar refractivity (Wildman–Crippen MR) is 84.9 cm³/mol. The second-order valence-electron chi connectivity index (χ2n) is 4.36. The molecule has 4 nitrogen and oxygen atoms in total. The maximum atomic E-state index is 5.97. The highest BCUT2D eigenvalue weighted by molar-refractivity contribution is 6.30. The molecule has 0 saturated heterocycles. The van der Waals surface area contributed by atoms with E-state index in [0.717, 1.165) is 11.3 Å². The van der Waals surface area contributed by atoms with E-state index >= 15 is 0 Å². The number of anilines is 1. The molecule has 0 unspecified atom stereocenters.